The molecule has 2 aromatic heterocycles. The number of methoxy groups -OCH3 is 2. The van der Waals surface area contributed by atoms with Gasteiger partial charge in [-0.15, -0.1) is 0 Å². The molecule has 0 aliphatic heterocycles. The van der Waals surface area contributed by atoms with Crippen LogP contribution in [-0.2, 0) is 6.54 Å². The third-order valence-electron chi connectivity index (χ3n) is 3.58. The second-order valence-electron chi connectivity index (χ2n) is 5.08. The Kier molecular flexibility index (Phi) is 4.77. The molecule has 0 bridgehead atoms. The quantitative estimate of drug-likeness (QED) is 0.647. The van der Waals surface area contributed by atoms with Crippen molar-refractivity contribution in [2.24, 2.45) is 0 Å². The molecule has 3 rings (SSSR count). The maximum absolute atomic E-state index is 6.05. The molecular formula is C15H15BrClN5O2. The van der Waals surface area contributed by atoms with E-state index in [2.05, 4.69) is 36.1 Å². The van der Waals surface area contributed by atoms with E-state index in [-0.39, 0.29) is 5.28 Å². The van der Waals surface area contributed by atoms with E-state index < -0.39 is 0 Å². The first-order valence-electron chi connectivity index (χ1n) is 7.02. The maximum Gasteiger partial charge on any atom is 0.225 e. The number of H-pyrrole nitrogens is 1. The summed E-state index contributed by atoms with van der Waals surface area (Å²) in [4.78, 5) is 10.4. The van der Waals surface area contributed by atoms with Gasteiger partial charge in [-0.05, 0) is 39.7 Å². The third-order valence-corrected chi connectivity index (χ3v) is 4.30. The minimum Gasteiger partial charge on any atom is -0.497 e. The lowest BCUT2D eigenvalue weighted by molar-refractivity contribution is 0.391. The van der Waals surface area contributed by atoms with Gasteiger partial charge in [0.2, 0.25) is 5.28 Å². The first kappa shape index (κ1) is 16.8. The molecule has 3 aromatic rings. The van der Waals surface area contributed by atoms with Gasteiger partial charge < -0.3 is 14.4 Å². The summed E-state index contributed by atoms with van der Waals surface area (Å²) < 4.78 is 11.3. The summed E-state index contributed by atoms with van der Waals surface area (Å²) in [6, 6.07) is 5.69. The molecule has 0 spiro atoms. The molecule has 0 aliphatic rings. The van der Waals surface area contributed by atoms with Crippen LogP contribution in [0.1, 0.15) is 5.56 Å². The third kappa shape index (κ3) is 3.11. The van der Waals surface area contributed by atoms with Crippen LogP contribution in [0.3, 0.4) is 0 Å². The van der Waals surface area contributed by atoms with Crippen molar-refractivity contribution in [2.75, 3.05) is 26.2 Å². The topological polar surface area (TPSA) is 76.2 Å². The number of rotatable bonds is 5. The van der Waals surface area contributed by atoms with Gasteiger partial charge in [0, 0.05) is 25.2 Å². The Balaban J connectivity index is 1.97. The lowest BCUT2D eigenvalue weighted by atomic mass is 10.1. The fourth-order valence-electron chi connectivity index (χ4n) is 2.41. The molecule has 2 heterocycles. The molecule has 24 heavy (non-hydrogen) atoms. The number of hydrogen-bond donors (Lipinski definition) is 1. The van der Waals surface area contributed by atoms with Gasteiger partial charge in [0.25, 0.3) is 0 Å². The lowest BCUT2D eigenvalue weighted by Gasteiger charge is -2.20. The number of benzene rings is 1. The average molecular weight is 413 g/mol. The van der Waals surface area contributed by atoms with Crippen molar-refractivity contribution < 1.29 is 9.47 Å². The molecule has 0 atom stereocenters. The van der Waals surface area contributed by atoms with Gasteiger partial charge in [0.05, 0.1) is 14.2 Å². The standard InChI is InChI=1S/C15H15BrClN5O2/c1-22(7-8-4-5-9(23-2)6-10(8)24-3)14-12-11(13(16)21-20-12)18-15(17)19-14/h4-6H,7H2,1-3H3,(H,20,21). The number of anilines is 1. The highest BCUT2D eigenvalue weighted by Gasteiger charge is 2.17. The Morgan fingerprint density at radius 2 is 2.00 bits per heavy atom. The van der Waals surface area contributed by atoms with Crippen molar-refractivity contribution >= 4 is 44.4 Å². The molecule has 1 N–H and O–H groups in total. The van der Waals surface area contributed by atoms with E-state index in [1.807, 2.05) is 30.1 Å². The molecule has 0 radical (unpaired) electrons. The Morgan fingerprint density at radius 1 is 1.21 bits per heavy atom. The van der Waals surface area contributed by atoms with E-state index in [1.165, 1.54) is 0 Å². The fraction of sp³-hybridized carbons (Fsp3) is 0.267. The largest absolute Gasteiger partial charge is 0.497 e. The Bertz CT molecular complexity index is 886. The van der Waals surface area contributed by atoms with E-state index in [9.17, 15) is 0 Å². The summed E-state index contributed by atoms with van der Waals surface area (Å²) in [7, 11) is 5.16. The summed E-state index contributed by atoms with van der Waals surface area (Å²) in [5.41, 5.74) is 2.26. The number of fused-ring (bicyclic) bond motifs is 1. The smallest absolute Gasteiger partial charge is 0.225 e. The lowest BCUT2D eigenvalue weighted by Crippen LogP contribution is -2.19. The molecule has 0 aliphatic carbocycles. The predicted octanol–water partition coefficient (Wildman–Crippen LogP) is 3.42. The highest BCUT2D eigenvalue weighted by molar-refractivity contribution is 9.10. The normalized spacial score (nSPS) is 10.9. The number of nitrogens with zero attached hydrogens (tertiary/aromatic N) is 4. The summed E-state index contributed by atoms with van der Waals surface area (Å²) in [6.07, 6.45) is 0. The highest BCUT2D eigenvalue weighted by Crippen LogP contribution is 2.30. The molecule has 7 nitrogen and oxygen atoms in total. The molecule has 0 amide bonds. The van der Waals surface area contributed by atoms with Crippen LogP contribution in [0, 0.1) is 0 Å². The second kappa shape index (κ2) is 6.82. The summed E-state index contributed by atoms with van der Waals surface area (Å²) in [5, 5.41) is 7.24. The minimum absolute atomic E-state index is 0.160. The molecule has 1 aromatic carbocycles. The Labute approximate surface area is 152 Å². The van der Waals surface area contributed by atoms with Crippen molar-refractivity contribution in [3.63, 3.8) is 0 Å². The number of aromatic amines is 1. The van der Waals surface area contributed by atoms with E-state index >= 15 is 0 Å². The first-order chi connectivity index (χ1) is 11.5. The van der Waals surface area contributed by atoms with Crippen LogP contribution in [-0.4, -0.2) is 41.4 Å². The van der Waals surface area contributed by atoms with Gasteiger partial charge in [-0.3, -0.25) is 5.10 Å². The Morgan fingerprint density at radius 3 is 2.71 bits per heavy atom. The number of halogens is 2. The van der Waals surface area contributed by atoms with Crippen LogP contribution in [0.25, 0.3) is 11.0 Å². The molecule has 0 fully saturated rings. The number of ether oxygens (including phenoxy) is 2. The van der Waals surface area contributed by atoms with Crippen molar-refractivity contribution in [3.8, 4) is 11.5 Å². The summed E-state index contributed by atoms with van der Waals surface area (Å²) in [6.45, 7) is 0.556. The van der Waals surface area contributed by atoms with E-state index in [1.54, 1.807) is 14.2 Å². The summed E-state index contributed by atoms with van der Waals surface area (Å²) >= 11 is 9.42. The minimum atomic E-state index is 0.160. The zero-order chi connectivity index (χ0) is 17.3. The van der Waals surface area contributed by atoms with Crippen molar-refractivity contribution in [3.05, 3.63) is 33.6 Å². The average Bonchev–Trinajstić information content (AvgIpc) is 2.95. The van der Waals surface area contributed by atoms with E-state index in [0.717, 1.165) is 17.1 Å². The van der Waals surface area contributed by atoms with Gasteiger partial charge in [-0.1, -0.05) is 0 Å². The maximum atomic E-state index is 6.05. The molecular weight excluding hydrogens is 398 g/mol. The van der Waals surface area contributed by atoms with Gasteiger partial charge in [-0.25, -0.2) is 4.98 Å². The second-order valence-corrected chi connectivity index (χ2v) is 6.22. The molecule has 0 saturated heterocycles. The Hall–Kier alpha value is -2.06. The highest BCUT2D eigenvalue weighted by atomic mass is 79.9. The first-order valence-corrected chi connectivity index (χ1v) is 8.19. The fourth-order valence-corrected chi connectivity index (χ4v) is 2.94. The van der Waals surface area contributed by atoms with E-state index in [0.29, 0.717) is 28.0 Å². The number of nitrogens with one attached hydrogen (secondary N) is 1. The van der Waals surface area contributed by atoms with Crippen LogP contribution in [0.4, 0.5) is 5.82 Å². The van der Waals surface area contributed by atoms with Crippen LogP contribution in [0.2, 0.25) is 5.28 Å². The summed E-state index contributed by atoms with van der Waals surface area (Å²) in [5.74, 6) is 2.10. The number of hydrogen-bond acceptors (Lipinski definition) is 6. The van der Waals surface area contributed by atoms with Crippen LogP contribution < -0.4 is 14.4 Å². The van der Waals surface area contributed by atoms with Gasteiger partial charge in [0.1, 0.15) is 21.6 Å². The van der Waals surface area contributed by atoms with Crippen molar-refractivity contribution in [1.29, 1.82) is 0 Å². The van der Waals surface area contributed by atoms with Crippen molar-refractivity contribution in [1.82, 2.24) is 20.2 Å². The molecule has 0 unspecified atom stereocenters. The van der Waals surface area contributed by atoms with Gasteiger partial charge >= 0.3 is 0 Å². The predicted molar refractivity (Wildman–Crippen MR) is 96.0 cm³/mol. The van der Waals surface area contributed by atoms with Crippen LogP contribution in [0.15, 0.2) is 22.8 Å². The zero-order valence-electron chi connectivity index (χ0n) is 13.3. The SMILES string of the molecule is COc1ccc(CN(C)c2nc(Cl)nc3c(Br)[nH]nc23)c(OC)c1. The molecule has 9 heteroatoms. The van der Waals surface area contributed by atoms with E-state index in [4.69, 9.17) is 21.1 Å². The number of aromatic nitrogens is 4. The van der Waals surface area contributed by atoms with Gasteiger partial charge in [0.15, 0.2) is 11.3 Å². The monoisotopic (exact) mass is 411 g/mol. The van der Waals surface area contributed by atoms with Crippen LogP contribution >= 0.6 is 27.5 Å². The molecule has 126 valence electrons. The zero-order valence-corrected chi connectivity index (χ0v) is 15.6. The van der Waals surface area contributed by atoms with Crippen molar-refractivity contribution in [2.45, 2.75) is 6.54 Å². The van der Waals surface area contributed by atoms with Crippen LogP contribution in [0.5, 0.6) is 11.5 Å². The molecule has 0 saturated carbocycles. The van der Waals surface area contributed by atoms with Gasteiger partial charge in [-0.2, -0.15) is 10.1 Å².